The Morgan fingerprint density at radius 2 is 2.56 bits per heavy atom. The topological polar surface area (TPSA) is 43.1 Å². The molecule has 1 aliphatic heterocycles. The first kappa shape index (κ1) is 5.33. The van der Waals surface area contributed by atoms with Crippen LogP contribution >= 0.6 is 0 Å². The molecule has 1 heterocycles. The van der Waals surface area contributed by atoms with Gasteiger partial charge in [0.05, 0.1) is 0 Å². The van der Waals surface area contributed by atoms with Gasteiger partial charge in [-0.25, -0.2) is 0 Å². The van der Waals surface area contributed by atoms with Gasteiger partial charge in [-0.1, -0.05) is 19.2 Å². The highest BCUT2D eigenvalue weighted by molar-refractivity contribution is 6.44. The zero-order chi connectivity index (χ0) is 7.56. The maximum Gasteiger partial charge on any atom is 0.212 e. The van der Waals surface area contributed by atoms with E-state index in [-0.39, 0.29) is 18.1 Å². The molecular formula is C6H11BNO. The molecular weight excluding hydrogens is 113 g/mol. The Hall–Kier alpha value is -0.465. The zero-order valence-electron chi connectivity index (χ0n) is 6.34. The summed E-state index contributed by atoms with van der Waals surface area (Å²) in [5.74, 6) is -0.645. The first-order valence-corrected chi connectivity index (χ1v) is 3.26. The quantitative estimate of drug-likeness (QED) is 0.512. The maximum atomic E-state index is 10.6. The summed E-state index contributed by atoms with van der Waals surface area (Å²) in [4.78, 5) is 10.6. The number of hydrogen-bond donors (Lipinski definition) is 1. The highest BCUT2D eigenvalue weighted by Crippen LogP contribution is 2.21. The fraction of sp³-hybridized carbons (Fsp3) is 0.833. The molecule has 1 aliphatic rings. The van der Waals surface area contributed by atoms with Crippen molar-refractivity contribution in [3.8, 4) is 0 Å². The smallest absolute Gasteiger partial charge is 0.212 e. The number of hydrogen-bond acceptors (Lipinski definition) is 1. The Morgan fingerprint density at radius 1 is 1.78 bits per heavy atom. The van der Waals surface area contributed by atoms with E-state index in [1.165, 1.54) is 0 Å². The van der Waals surface area contributed by atoms with Crippen LogP contribution in [0.2, 0.25) is 12.1 Å². The Balaban J connectivity index is 2.47. The van der Waals surface area contributed by atoms with Gasteiger partial charge >= 0.3 is 0 Å². The third-order valence-corrected chi connectivity index (χ3v) is 1.58. The number of carbonyl (C=O) groups excluding carboxylic acids is 1. The van der Waals surface area contributed by atoms with E-state index >= 15 is 0 Å². The van der Waals surface area contributed by atoms with E-state index in [0.29, 0.717) is 0 Å². The van der Waals surface area contributed by atoms with E-state index in [4.69, 9.17) is 7.10 Å². The fourth-order valence-electron chi connectivity index (χ4n) is 1.04. The predicted molar refractivity (Wildman–Crippen MR) is 37.4 cm³/mol. The minimum atomic E-state index is -0.347. The summed E-state index contributed by atoms with van der Waals surface area (Å²) in [6.07, 6.45) is 2.48. The number of nitrogens with two attached hydrogens (primary N) is 1. The SMILES string of the molecule is [3H]C1CCC[B]C1C(N)=O. The Labute approximate surface area is 57.5 Å². The van der Waals surface area contributed by atoms with Gasteiger partial charge in [-0.2, -0.15) is 0 Å². The molecule has 0 bridgehead atoms. The van der Waals surface area contributed by atoms with Crippen molar-refractivity contribution in [3.05, 3.63) is 0 Å². The summed E-state index contributed by atoms with van der Waals surface area (Å²) in [6.45, 7) is 0. The average molecular weight is 126 g/mol. The van der Waals surface area contributed by atoms with E-state index in [9.17, 15) is 4.79 Å². The largest absolute Gasteiger partial charge is 0.370 e. The molecule has 2 unspecified atom stereocenters. The Kier molecular flexibility index (Phi) is 1.72. The van der Waals surface area contributed by atoms with Crippen LogP contribution in [0.4, 0.5) is 0 Å². The number of amides is 1. The third kappa shape index (κ3) is 1.73. The van der Waals surface area contributed by atoms with Gasteiger partial charge in [0.15, 0.2) is 0 Å². The molecule has 1 fully saturated rings. The standard InChI is InChI=1S/C6H11BNO/c8-6(9)5-3-1-2-4-7-5/h5H,1-4H2,(H2,8,9)/i3T. The lowest BCUT2D eigenvalue weighted by Crippen LogP contribution is -2.25. The Morgan fingerprint density at radius 3 is 3.00 bits per heavy atom. The zero-order valence-corrected chi connectivity index (χ0v) is 5.34. The first-order valence-electron chi connectivity index (χ1n) is 3.84. The first-order chi connectivity index (χ1) is 4.72. The van der Waals surface area contributed by atoms with E-state index in [1.54, 1.807) is 0 Å². The maximum absolute atomic E-state index is 10.6. The highest BCUT2D eigenvalue weighted by atomic mass is 16.1. The predicted octanol–water partition coefficient (Wildman–Crippen LogP) is 0.567. The van der Waals surface area contributed by atoms with Crippen LogP contribution in [0.15, 0.2) is 0 Å². The molecule has 0 saturated carbocycles. The minimum Gasteiger partial charge on any atom is -0.370 e. The summed E-state index contributed by atoms with van der Waals surface area (Å²) in [6, 6.07) is 0. The van der Waals surface area contributed by atoms with Crippen molar-refractivity contribution in [2.75, 3.05) is 0 Å². The lowest BCUT2D eigenvalue weighted by molar-refractivity contribution is -0.118. The molecule has 1 amide bonds. The molecule has 3 heteroatoms. The molecule has 1 radical (unpaired) electrons. The summed E-state index contributed by atoms with van der Waals surface area (Å²) < 4.78 is 7.43. The normalized spacial score (nSPS) is 36.7. The highest BCUT2D eigenvalue weighted by Gasteiger charge is 2.18. The summed E-state index contributed by atoms with van der Waals surface area (Å²) in [5.41, 5.74) is 5.07. The van der Waals surface area contributed by atoms with Crippen molar-refractivity contribution in [1.82, 2.24) is 0 Å². The molecule has 9 heavy (non-hydrogen) atoms. The summed E-state index contributed by atoms with van der Waals surface area (Å²) >= 11 is 0. The minimum absolute atomic E-state index is 0.286. The second-order valence-corrected chi connectivity index (χ2v) is 2.33. The lowest BCUT2D eigenvalue weighted by atomic mass is 9.55. The molecule has 2 nitrogen and oxygen atoms in total. The van der Waals surface area contributed by atoms with Gasteiger partial charge in [0, 0.05) is 7.19 Å². The molecule has 1 rings (SSSR count). The van der Waals surface area contributed by atoms with Crippen LogP contribution in [0, 0.1) is 0 Å². The van der Waals surface area contributed by atoms with Crippen molar-refractivity contribution in [2.45, 2.75) is 31.4 Å². The van der Waals surface area contributed by atoms with Crippen LogP contribution in [0.5, 0.6) is 0 Å². The molecule has 2 atom stereocenters. The van der Waals surface area contributed by atoms with Crippen molar-refractivity contribution in [2.24, 2.45) is 5.73 Å². The number of rotatable bonds is 1. The van der Waals surface area contributed by atoms with Crippen molar-refractivity contribution in [3.63, 3.8) is 0 Å². The van der Waals surface area contributed by atoms with Crippen molar-refractivity contribution in [1.29, 1.82) is 0 Å². The van der Waals surface area contributed by atoms with Crippen LogP contribution in [0.1, 0.15) is 20.6 Å². The fourth-order valence-corrected chi connectivity index (χ4v) is 1.04. The van der Waals surface area contributed by atoms with Crippen LogP contribution in [0.25, 0.3) is 0 Å². The number of primary amides is 1. The summed E-state index contributed by atoms with van der Waals surface area (Å²) in [5, 5.41) is 0. The average Bonchev–Trinajstić information content (AvgIpc) is 1.88. The second-order valence-electron chi connectivity index (χ2n) is 2.33. The molecule has 0 spiro atoms. The van der Waals surface area contributed by atoms with Crippen LogP contribution in [-0.2, 0) is 4.79 Å². The Bertz CT molecular complexity index is 142. The molecule has 0 aliphatic carbocycles. The van der Waals surface area contributed by atoms with E-state index < -0.39 is 0 Å². The molecule has 1 saturated heterocycles. The van der Waals surface area contributed by atoms with E-state index in [0.717, 1.165) is 19.2 Å². The number of carbonyl (C=O) groups is 1. The molecule has 0 aromatic carbocycles. The molecule has 0 aromatic heterocycles. The van der Waals surface area contributed by atoms with Gasteiger partial charge in [0.2, 0.25) is 5.91 Å². The van der Waals surface area contributed by atoms with Crippen molar-refractivity contribution >= 4 is 13.2 Å². The summed E-state index contributed by atoms with van der Waals surface area (Å²) in [7, 11) is 1.86. The van der Waals surface area contributed by atoms with Gasteiger partial charge < -0.3 is 5.73 Å². The molecule has 0 aromatic rings. The van der Waals surface area contributed by atoms with Gasteiger partial charge in [0.25, 0.3) is 0 Å². The monoisotopic (exact) mass is 126 g/mol. The van der Waals surface area contributed by atoms with Crippen LogP contribution < -0.4 is 5.73 Å². The van der Waals surface area contributed by atoms with Gasteiger partial charge in [0.1, 0.15) is 7.28 Å². The van der Waals surface area contributed by atoms with Crippen LogP contribution in [0.3, 0.4) is 0 Å². The van der Waals surface area contributed by atoms with E-state index in [1.807, 2.05) is 7.28 Å². The van der Waals surface area contributed by atoms with Gasteiger partial charge in [-0.05, 0) is 6.40 Å². The van der Waals surface area contributed by atoms with Gasteiger partial charge in [-0.3, -0.25) is 4.79 Å². The lowest BCUT2D eigenvalue weighted by Gasteiger charge is -2.16. The molecule has 49 valence electrons. The second kappa shape index (κ2) is 2.90. The van der Waals surface area contributed by atoms with E-state index in [2.05, 4.69) is 0 Å². The third-order valence-electron chi connectivity index (χ3n) is 1.58. The van der Waals surface area contributed by atoms with Crippen LogP contribution in [-0.4, -0.2) is 13.2 Å². The van der Waals surface area contributed by atoms with Crippen molar-refractivity contribution < 1.29 is 6.17 Å². The molecule has 2 N–H and O–H groups in total. The van der Waals surface area contributed by atoms with Gasteiger partial charge in [-0.15, -0.1) is 0 Å².